The maximum atomic E-state index is 11.9. The number of hydrogen-bond donors (Lipinski definition) is 4. The molecule has 16 nitrogen and oxygen atoms in total. The Morgan fingerprint density at radius 1 is 0.605 bits per heavy atom. The minimum atomic E-state index is -0.893. The molecule has 0 aliphatic heterocycles. The van der Waals surface area contributed by atoms with Crippen LogP contribution in [0, 0.1) is 0 Å². The van der Waals surface area contributed by atoms with Gasteiger partial charge in [-0.2, -0.15) is 0 Å². The Morgan fingerprint density at radius 2 is 0.953 bits per heavy atom. The van der Waals surface area contributed by atoms with Gasteiger partial charge in [0.05, 0.1) is 112 Å². The van der Waals surface area contributed by atoms with Gasteiger partial charge in [-0.05, 0) is 20.8 Å². The molecule has 0 heterocycles. The molecular formula is C27H53N3O13. The fourth-order valence-corrected chi connectivity index (χ4v) is 2.78. The number of carbonyl (C=O) groups excluding carboxylic acids is 2. The molecule has 0 radical (unpaired) electrons. The van der Waals surface area contributed by atoms with Gasteiger partial charge in [-0.25, -0.2) is 4.79 Å². The predicted molar refractivity (Wildman–Crippen MR) is 154 cm³/mol. The fourth-order valence-electron chi connectivity index (χ4n) is 2.78. The van der Waals surface area contributed by atoms with Crippen molar-refractivity contribution in [3.63, 3.8) is 0 Å². The van der Waals surface area contributed by atoms with Gasteiger partial charge in [0.25, 0.3) is 0 Å². The lowest BCUT2D eigenvalue weighted by Crippen LogP contribution is -2.49. The van der Waals surface area contributed by atoms with E-state index in [1.807, 2.05) is 0 Å². The molecule has 0 spiro atoms. The van der Waals surface area contributed by atoms with E-state index in [-0.39, 0.29) is 26.1 Å². The van der Waals surface area contributed by atoms with Crippen LogP contribution in [0.25, 0.3) is 0 Å². The molecule has 0 aromatic carbocycles. The van der Waals surface area contributed by atoms with Crippen LogP contribution in [-0.2, 0) is 52.2 Å². The van der Waals surface area contributed by atoms with Crippen molar-refractivity contribution >= 4 is 18.0 Å². The number of aliphatic carboxylic acids is 1. The number of ether oxygens (including phenoxy) is 9. The van der Waals surface area contributed by atoms with Crippen LogP contribution in [0.15, 0.2) is 0 Å². The maximum absolute atomic E-state index is 11.9. The average molecular weight is 628 g/mol. The van der Waals surface area contributed by atoms with Crippen LogP contribution < -0.4 is 16.4 Å². The first-order valence-electron chi connectivity index (χ1n) is 14.5. The first-order chi connectivity index (χ1) is 20.6. The van der Waals surface area contributed by atoms with Gasteiger partial charge in [-0.3, -0.25) is 9.59 Å². The van der Waals surface area contributed by atoms with Crippen LogP contribution in [-0.4, -0.2) is 154 Å². The van der Waals surface area contributed by atoms with Crippen LogP contribution in [0.3, 0.4) is 0 Å². The fraction of sp³-hybridized carbons (Fsp3) is 0.889. The number of carbonyl (C=O) groups is 3. The Morgan fingerprint density at radius 3 is 1.30 bits per heavy atom. The smallest absolute Gasteiger partial charge is 0.407 e. The second kappa shape index (κ2) is 28.6. The summed E-state index contributed by atoms with van der Waals surface area (Å²) in [7, 11) is 0. The second-order valence-electron chi connectivity index (χ2n) is 9.82. The normalized spacial score (nSPS) is 12.2. The number of carboxylic acid groups (broad SMARTS) is 1. The minimum absolute atomic E-state index is 0.0120. The zero-order valence-electron chi connectivity index (χ0n) is 25.9. The first-order valence-corrected chi connectivity index (χ1v) is 14.5. The highest BCUT2D eigenvalue weighted by Crippen LogP contribution is 2.06. The van der Waals surface area contributed by atoms with E-state index in [0.29, 0.717) is 99.1 Å². The van der Waals surface area contributed by atoms with E-state index >= 15 is 0 Å². The lowest BCUT2D eigenvalue weighted by atomic mass is 10.2. The summed E-state index contributed by atoms with van der Waals surface area (Å²) in [5.74, 6) is -1.28. The number of alkyl carbamates (subject to hydrolysis) is 1. The summed E-state index contributed by atoms with van der Waals surface area (Å²) in [6.07, 6.45) is -0.641. The summed E-state index contributed by atoms with van der Waals surface area (Å²) < 4.78 is 47.9. The van der Waals surface area contributed by atoms with Gasteiger partial charge in [-0.15, -0.1) is 0 Å². The molecule has 254 valence electrons. The van der Waals surface area contributed by atoms with Crippen molar-refractivity contribution in [1.29, 1.82) is 0 Å². The molecule has 0 aromatic rings. The number of carboxylic acids is 1. The van der Waals surface area contributed by atoms with Crippen molar-refractivity contribution < 1.29 is 62.1 Å². The van der Waals surface area contributed by atoms with E-state index in [2.05, 4.69) is 10.6 Å². The number of hydrogen-bond acceptors (Lipinski definition) is 13. The van der Waals surface area contributed by atoms with Crippen LogP contribution in [0.4, 0.5) is 4.79 Å². The van der Waals surface area contributed by atoms with Crippen LogP contribution in [0.2, 0.25) is 0 Å². The largest absolute Gasteiger partial charge is 0.481 e. The summed E-state index contributed by atoms with van der Waals surface area (Å²) in [4.78, 5) is 33.8. The number of nitrogens with one attached hydrogen (secondary N) is 2. The molecule has 1 atom stereocenters. The van der Waals surface area contributed by atoms with Crippen molar-refractivity contribution in [2.45, 2.75) is 38.8 Å². The molecule has 0 saturated heterocycles. The van der Waals surface area contributed by atoms with Crippen molar-refractivity contribution in [3.8, 4) is 0 Å². The predicted octanol–water partition coefficient (Wildman–Crippen LogP) is -0.438. The molecule has 0 rings (SSSR count). The molecule has 16 heteroatoms. The lowest BCUT2D eigenvalue weighted by molar-refractivity contribution is -0.138. The van der Waals surface area contributed by atoms with Crippen molar-refractivity contribution in [2.24, 2.45) is 5.73 Å². The number of nitrogens with two attached hydrogens (primary N) is 1. The molecule has 0 bridgehead atoms. The quantitative estimate of drug-likeness (QED) is 0.0746. The zero-order chi connectivity index (χ0) is 32.0. The van der Waals surface area contributed by atoms with Gasteiger partial charge < -0.3 is 64.1 Å². The Bertz CT molecular complexity index is 696. The van der Waals surface area contributed by atoms with E-state index < -0.39 is 29.6 Å². The second-order valence-corrected chi connectivity index (χ2v) is 9.82. The lowest BCUT2D eigenvalue weighted by Gasteiger charge is -2.20. The van der Waals surface area contributed by atoms with Gasteiger partial charge >= 0.3 is 12.1 Å². The van der Waals surface area contributed by atoms with Crippen molar-refractivity contribution in [1.82, 2.24) is 10.6 Å². The first kappa shape index (κ1) is 40.9. The highest BCUT2D eigenvalue weighted by atomic mass is 16.6. The molecule has 0 aliphatic carbocycles. The summed E-state index contributed by atoms with van der Waals surface area (Å²) in [5, 5.41) is 13.6. The third-order valence-corrected chi connectivity index (χ3v) is 4.81. The summed E-state index contributed by atoms with van der Waals surface area (Å²) in [6, 6.07) is -0.893. The minimum Gasteiger partial charge on any atom is -0.481 e. The third kappa shape index (κ3) is 32.6. The van der Waals surface area contributed by atoms with Crippen LogP contribution in [0.1, 0.15) is 27.2 Å². The molecule has 43 heavy (non-hydrogen) atoms. The van der Waals surface area contributed by atoms with Gasteiger partial charge in [0, 0.05) is 13.1 Å². The number of amides is 2. The summed E-state index contributed by atoms with van der Waals surface area (Å²) in [5.41, 5.74) is 5.13. The Labute approximate surface area is 254 Å². The van der Waals surface area contributed by atoms with Gasteiger partial charge in [-0.1, -0.05) is 0 Å². The molecule has 0 aliphatic rings. The molecule has 1 unspecified atom stereocenters. The summed E-state index contributed by atoms with van der Waals surface area (Å²) >= 11 is 0. The molecule has 2 amide bonds. The average Bonchev–Trinajstić information content (AvgIpc) is 2.94. The molecule has 0 saturated carbocycles. The topological polar surface area (TPSA) is 205 Å². The standard InChI is InChI=1S/C27H53N3O13/c1-27(2,3)43-26(34)30-22-23(28)25(33)29-5-7-36-9-11-38-13-15-40-17-19-42-21-20-41-18-16-39-14-12-37-10-8-35-6-4-24(31)32/h23H,4-22,28H2,1-3H3,(H,29,33)(H,30,34)(H,31,32). The monoisotopic (exact) mass is 627 g/mol. The molecule has 0 aromatic heterocycles. The molecule has 5 N–H and O–H groups in total. The molecular weight excluding hydrogens is 574 g/mol. The highest BCUT2D eigenvalue weighted by Gasteiger charge is 2.18. The van der Waals surface area contributed by atoms with Crippen molar-refractivity contribution in [3.05, 3.63) is 0 Å². The third-order valence-electron chi connectivity index (χ3n) is 4.81. The Hall–Kier alpha value is -2.15. The van der Waals surface area contributed by atoms with Gasteiger partial charge in [0.2, 0.25) is 5.91 Å². The van der Waals surface area contributed by atoms with E-state index in [1.165, 1.54) is 0 Å². The van der Waals surface area contributed by atoms with E-state index in [4.69, 9.17) is 53.5 Å². The SMILES string of the molecule is CC(C)(C)OC(=O)NCC(N)C(=O)NCCOCCOCCOCCOCCOCCOCCOCCOCCC(=O)O. The van der Waals surface area contributed by atoms with Gasteiger partial charge in [0.1, 0.15) is 11.6 Å². The number of rotatable bonds is 30. The summed E-state index contributed by atoms with van der Waals surface area (Å²) in [6.45, 7) is 11.9. The van der Waals surface area contributed by atoms with Gasteiger partial charge in [0.15, 0.2) is 0 Å². The maximum Gasteiger partial charge on any atom is 0.407 e. The van der Waals surface area contributed by atoms with E-state index in [1.54, 1.807) is 20.8 Å². The van der Waals surface area contributed by atoms with Crippen LogP contribution in [0.5, 0.6) is 0 Å². The van der Waals surface area contributed by atoms with E-state index in [9.17, 15) is 14.4 Å². The van der Waals surface area contributed by atoms with Crippen molar-refractivity contribution in [2.75, 3.05) is 119 Å². The Kier molecular flexibility index (Phi) is 27.2. The Balaban J connectivity index is 3.26. The molecule has 0 fully saturated rings. The highest BCUT2D eigenvalue weighted by molar-refractivity contribution is 5.82. The van der Waals surface area contributed by atoms with E-state index in [0.717, 1.165) is 0 Å². The zero-order valence-corrected chi connectivity index (χ0v) is 25.9. The van der Waals surface area contributed by atoms with Crippen LogP contribution >= 0.6 is 0 Å².